The van der Waals surface area contributed by atoms with Crippen LogP contribution in [0.3, 0.4) is 0 Å². The number of nitrogens with two attached hydrogens (primary N) is 1. The van der Waals surface area contributed by atoms with E-state index < -0.39 is 10.0 Å². The van der Waals surface area contributed by atoms with Gasteiger partial charge in [-0.15, -0.1) is 0 Å². The van der Waals surface area contributed by atoms with E-state index in [1.54, 1.807) is 12.1 Å². The minimum Gasteiger partial charge on any atom is -0.377 e. The molecular formula is C14H22N2O3S. The maximum absolute atomic E-state index is 12.7. The fourth-order valence-electron chi connectivity index (χ4n) is 2.44. The molecule has 1 unspecified atom stereocenters. The standard InChI is InChI=1S/C14H22N2O3S/c1-11-8-13(9-15)4-5-14(11)20(17,18)16-6-3-7-19-12(2)10-16/h4-5,8,12H,3,6-7,9-10,15H2,1-2H3. The maximum Gasteiger partial charge on any atom is 0.243 e. The smallest absolute Gasteiger partial charge is 0.243 e. The summed E-state index contributed by atoms with van der Waals surface area (Å²) in [6, 6.07) is 5.27. The van der Waals surface area contributed by atoms with Gasteiger partial charge in [-0.1, -0.05) is 12.1 Å². The Labute approximate surface area is 120 Å². The molecule has 0 radical (unpaired) electrons. The van der Waals surface area contributed by atoms with Crippen molar-refractivity contribution in [2.75, 3.05) is 19.7 Å². The molecule has 2 N–H and O–H groups in total. The van der Waals surface area contributed by atoms with Crippen molar-refractivity contribution in [3.63, 3.8) is 0 Å². The fourth-order valence-corrected chi connectivity index (χ4v) is 4.20. The van der Waals surface area contributed by atoms with E-state index in [1.165, 1.54) is 4.31 Å². The van der Waals surface area contributed by atoms with Crippen LogP contribution in [0.15, 0.2) is 23.1 Å². The third-order valence-corrected chi connectivity index (χ3v) is 5.53. The molecule has 0 amide bonds. The summed E-state index contributed by atoms with van der Waals surface area (Å²) in [7, 11) is -3.46. The molecule has 1 atom stereocenters. The molecule has 1 aromatic carbocycles. The summed E-state index contributed by atoms with van der Waals surface area (Å²) in [5.74, 6) is 0. The highest BCUT2D eigenvalue weighted by molar-refractivity contribution is 7.89. The summed E-state index contributed by atoms with van der Waals surface area (Å²) >= 11 is 0. The van der Waals surface area contributed by atoms with Crippen LogP contribution in [0.1, 0.15) is 24.5 Å². The fraction of sp³-hybridized carbons (Fsp3) is 0.571. The summed E-state index contributed by atoms with van der Waals surface area (Å²) in [6.45, 7) is 5.64. The topological polar surface area (TPSA) is 72.6 Å². The van der Waals surface area contributed by atoms with Crippen LogP contribution >= 0.6 is 0 Å². The highest BCUT2D eigenvalue weighted by Crippen LogP contribution is 2.23. The van der Waals surface area contributed by atoms with Crippen LogP contribution in [0.5, 0.6) is 0 Å². The van der Waals surface area contributed by atoms with Gasteiger partial charge in [0.2, 0.25) is 10.0 Å². The van der Waals surface area contributed by atoms with Crippen LogP contribution in [0.25, 0.3) is 0 Å². The molecule has 0 aromatic heterocycles. The van der Waals surface area contributed by atoms with Crippen LogP contribution in [0.2, 0.25) is 0 Å². The van der Waals surface area contributed by atoms with Crippen molar-refractivity contribution < 1.29 is 13.2 Å². The van der Waals surface area contributed by atoms with Crippen molar-refractivity contribution in [2.24, 2.45) is 5.73 Å². The molecule has 6 heteroatoms. The first-order valence-corrected chi connectivity index (χ1v) is 8.30. The minimum absolute atomic E-state index is 0.0732. The lowest BCUT2D eigenvalue weighted by molar-refractivity contribution is 0.0752. The Morgan fingerprint density at radius 1 is 1.45 bits per heavy atom. The molecule has 1 heterocycles. The summed E-state index contributed by atoms with van der Waals surface area (Å²) in [5.41, 5.74) is 7.26. The average molecular weight is 298 g/mol. The molecule has 0 saturated carbocycles. The lowest BCUT2D eigenvalue weighted by Gasteiger charge is -2.22. The van der Waals surface area contributed by atoms with E-state index in [-0.39, 0.29) is 6.10 Å². The molecule has 2 rings (SSSR count). The van der Waals surface area contributed by atoms with E-state index >= 15 is 0 Å². The summed E-state index contributed by atoms with van der Waals surface area (Å²) in [4.78, 5) is 0.365. The SMILES string of the molecule is Cc1cc(CN)ccc1S(=O)(=O)N1CCCOC(C)C1. The van der Waals surface area contributed by atoms with Crippen molar-refractivity contribution in [2.45, 2.75) is 37.8 Å². The number of hydrogen-bond donors (Lipinski definition) is 1. The summed E-state index contributed by atoms with van der Waals surface area (Å²) in [6.07, 6.45) is 0.652. The lowest BCUT2D eigenvalue weighted by atomic mass is 10.1. The summed E-state index contributed by atoms with van der Waals surface area (Å²) in [5, 5.41) is 0. The van der Waals surface area contributed by atoms with Gasteiger partial charge in [-0.25, -0.2) is 8.42 Å². The number of sulfonamides is 1. The van der Waals surface area contributed by atoms with Gasteiger partial charge in [-0.3, -0.25) is 0 Å². The zero-order chi connectivity index (χ0) is 14.8. The highest BCUT2D eigenvalue weighted by atomic mass is 32.2. The largest absolute Gasteiger partial charge is 0.377 e. The second-order valence-electron chi connectivity index (χ2n) is 5.20. The summed E-state index contributed by atoms with van der Waals surface area (Å²) < 4.78 is 32.5. The molecule has 5 nitrogen and oxygen atoms in total. The highest BCUT2D eigenvalue weighted by Gasteiger charge is 2.28. The van der Waals surface area contributed by atoms with Gasteiger partial charge >= 0.3 is 0 Å². The van der Waals surface area contributed by atoms with E-state index in [2.05, 4.69) is 0 Å². The van der Waals surface area contributed by atoms with Crippen molar-refractivity contribution in [1.82, 2.24) is 4.31 Å². The monoisotopic (exact) mass is 298 g/mol. The Morgan fingerprint density at radius 3 is 2.85 bits per heavy atom. The van der Waals surface area contributed by atoms with Gasteiger partial charge in [-0.05, 0) is 37.5 Å². The first kappa shape index (κ1) is 15.4. The van der Waals surface area contributed by atoms with Crippen LogP contribution < -0.4 is 5.73 Å². The Morgan fingerprint density at radius 2 is 2.20 bits per heavy atom. The third kappa shape index (κ3) is 3.20. The maximum atomic E-state index is 12.7. The van der Waals surface area contributed by atoms with Gasteiger partial charge in [0, 0.05) is 26.2 Å². The molecule has 1 aliphatic heterocycles. The predicted octanol–water partition coefficient (Wildman–Crippen LogP) is 1.25. The van der Waals surface area contributed by atoms with Gasteiger partial charge in [0.05, 0.1) is 11.0 Å². The van der Waals surface area contributed by atoms with Gasteiger partial charge in [0.25, 0.3) is 0 Å². The Balaban J connectivity index is 2.34. The molecule has 0 bridgehead atoms. The number of benzene rings is 1. The Bertz CT molecular complexity index is 572. The molecule has 0 spiro atoms. The van der Waals surface area contributed by atoms with Gasteiger partial charge in [0.15, 0.2) is 0 Å². The molecule has 112 valence electrons. The quantitative estimate of drug-likeness (QED) is 0.911. The normalized spacial score (nSPS) is 21.6. The second-order valence-corrected chi connectivity index (χ2v) is 7.11. The van der Waals surface area contributed by atoms with E-state index in [0.29, 0.717) is 31.1 Å². The number of aryl methyl sites for hydroxylation is 1. The van der Waals surface area contributed by atoms with E-state index in [9.17, 15) is 8.42 Å². The first-order chi connectivity index (χ1) is 9.45. The van der Waals surface area contributed by atoms with E-state index in [1.807, 2.05) is 19.9 Å². The number of nitrogens with zero attached hydrogens (tertiary/aromatic N) is 1. The molecular weight excluding hydrogens is 276 g/mol. The Kier molecular flexibility index (Phi) is 4.80. The molecule has 0 aliphatic carbocycles. The average Bonchev–Trinajstić information content (AvgIpc) is 2.63. The molecule has 1 aliphatic rings. The van der Waals surface area contributed by atoms with Crippen LogP contribution in [0, 0.1) is 6.92 Å². The molecule has 1 fully saturated rings. The van der Waals surface area contributed by atoms with Crippen molar-refractivity contribution in [3.8, 4) is 0 Å². The first-order valence-electron chi connectivity index (χ1n) is 6.86. The number of rotatable bonds is 3. The Hall–Kier alpha value is -0.950. The van der Waals surface area contributed by atoms with Crippen molar-refractivity contribution in [3.05, 3.63) is 29.3 Å². The van der Waals surface area contributed by atoms with Crippen LogP contribution in [0.4, 0.5) is 0 Å². The molecule has 1 saturated heterocycles. The van der Waals surface area contributed by atoms with Gasteiger partial charge in [-0.2, -0.15) is 4.31 Å². The van der Waals surface area contributed by atoms with Gasteiger partial charge in [0.1, 0.15) is 0 Å². The van der Waals surface area contributed by atoms with Crippen molar-refractivity contribution >= 4 is 10.0 Å². The predicted molar refractivity (Wildman–Crippen MR) is 77.9 cm³/mol. The second kappa shape index (κ2) is 6.22. The van der Waals surface area contributed by atoms with Crippen molar-refractivity contribution in [1.29, 1.82) is 0 Å². The number of ether oxygens (including phenoxy) is 1. The molecule has 20 heavy (non-hydrogen) atoms. The van der Waals surface area contributed by atoms with Crippen LogP contribution in [-0.4, -0.2) is 38.5 Å². The zero-order valence-corrected chi connectivity index (χ0v) is 12.8. The lowest BCUT2D eigenvalue weighted by Crippen LogP contribution is -2.36. The third-order valence-electron chi connectivity index (χ3n) is 3.51. The molecule has 1 aromatic rings. The van der Waals surface area contributed by atoms with Gasteiger partial charge < -0.3 is 10.5 Å². The van der Waals surface area contributed by atoms with Crippen LogP contribution in [-0.2, 0) is 21.3 Å². The number of hydrogen-bond acceptors (Lipinski definition) is 4. The van der Waals surface area contributed by atoms with E-state index in [4.69, 9.17) is 10.5 Å². The minimum atomic E-state index is -3.46. The zero-order valence-electron chi connectivity index (χ0n) is 12.0. The van der Waals surface area contributed by atoms with E-state index in [0.717, 1.165) is 17.5 Å².